The van der Waals surface area contributed by atoms with E-state index in [9.17, 15) is 0 Å². The molecule has 4 aromatic rings. The van der Waals surface area contributed by atoms with Crippen molar-refractivity contribution in [3.05, 3.63) is 75.8 Å². The Bertz CT molecular complexity index is 1250. The van der Waals surface area contributed by atoms with E-state index < -0.39 is 5.82 Å². The summed E-state index contributed by atoms with van der Waals surface area (Å²) in [5.74, 6) is -0.0444. The lowest BCUT2D eigenvalue weighted by molar-refractivity contribution is 0.433. The van der Waals surface area contributed by atoms with E-state index in [1.165, 1.54) is 12.1 Å². The molecule has 0 aliphatic carbocycles. The lowest BCUT2D eigenvalue weighted by Crippen LogP contribution is -2.01. The number of rotatable bonds is 5. The number of nitrogens with one attached hydrogen (secondary N) is 1. The first-order valence-electron chi connectivity index (χ1n) is 8.92. The van der Waals surface area contributed by atoms with Crippen molar-refractivity contribution in [1.82, 2.24) is 20.4 Å². The molecule has 4 rings (SSSR count). The summed E-state index contributed by atoms with van der Waals surface area (Å²) >= 11 is 6.04. The van der Waals surface area contributed by atoms with Crippen molar-refractivity contribution in [1.29, 1.82) is 5.26 Å². The largest absolute Gasteiger partial charge is 0.454 e. The molecule has 0 saturated carbocycles. The van der Waals surface area contributed by atoms with Crippen LogP contribution in [0.1, 0.15) is 29.3 Å². The van der Waals surface area contributed by atoms with Crippen molar-refractivity contribution in [2.45, 2.75) is 19.8 Å². The molecular formula is C21H15ClFN5O. The highest BCUT2D eigenvalue weighted by atomic mass is 35.5. The van der Waals surface area contributed by atoms with Gasteiger partial charge in [0.05, 0.1) is 23.5 Å². The van der Waals surface area contributed by atoms with Gasteiger partial charge in [-0.15, -0.1) is 5.10 Å². The molecule has 0 bridgehead atoms. The Balaban J connectivity index is 1.73. The molecule has 8 heteroatoms. The van der Waals surface area contributed by atoms with Crippen molar-refractivity contribution in [2.24, 2.45) is 0 Å². The number of halogens is 2. The van der Waals surface area contributed by atoms with Gasteiger partial charge in [0.2, 0.25) is 0 Å². The maximum atomic E-state index is 15.4. The lowest BCUT2D eigenvalue weighted by atomic mass is 10.0. The van der Waals surface area contributed by atoms with Crippen LogP contribution in [0.3, 0.4) is 0 Å². The molecule has 0 radical (unpaired) electrons. The molecule has 1 N–H and O–H groups in total. The fraction of sp³-hybridized carbons (Fsp3) is 0.143. The number of H-pyrrole nitrogens is 1. The fourth-order valence-electron chi connectivity index (χ4n) is 3.11. The van der Waals surface area contributed by atoms with Gasteiger partial charge in [-0.25, -0.2) is 4.39 Å². The van der Waals surface area contributed by atoms with Crippen LogP contribution in [0.5, 0.6) is 11.5 Å². The van der Waals surface area contributed by atoms with Crippen LogP contribution in [0.4, 0.5) is 4.39 Å². The van der Waals surface area contributed by atoms with Gasteiger partial charge in [-0.2, -0.15) is 15.5 Å². The zero-order valence-corrected chi connectivity index (χ0v) is 16.2. The Labute approximate surface area is 170 Å². The first-order chi connectivity index (χ1) is 14.1. The minimum Gasteiger partial charge on any atom is -0.454 e. The van der Waals surface area contributed by atoms with Crippen molar-refractivity contribution in [3.8, 4) is 17.6 Å². The Morgan fingerprint density at radius 3 is 2.83 bits per heavy atom. The van der Waals surface area contributed by atoms with Crippen molar-refractivity contribution >= 4 is 22.6 Å². The van der Waals surface area contributed by atoms with Crippen LogP contribution in [0.15, 0.2) is 42.6 Å². The van der Waals surface area contributed by atoms with Crippen LogP contribution in [-0.4, -0.2) is 20.4 Å². The van der Waals surface area contributed by atoms with E-state index >= 15 is 4.39 Å². The Hall–Kier alpha value is -3.50. The summed E-state index contributed by atoms with van der Waals surface area (Å²) in [5, 5.41) is 25.1. The van der Waals surface area contributed by atoms with Crippen molar-refractivity contribution < 1.29 is 9.13 Å². The van der Waals surface area contributed by atoms with Crippen LogP contribution in [0.2, 0.25) is 5.02 Å². The topological polar surface area (TPSA) is 87.5 Å². The predicted molar refractivity (Wildman–Crippen MR) is 107 cm³/mol. The number of hydrogen-bond donors (Lipinski definition) is 1. The number of benzene rings is 2. The first-order valence-corrected chi connectivity index (χ1v) is 9.30. The normalized spacial score (nSPS) is 10.8. The number of aromatic nitrogens is 4. The van der Waals surface area contributed by atoms with Gasteiger partial charge in [0, 0.05) is 16.8 Å². The highest BCUT2D eigenvalue weighted by molar-refractivity contribution is 6.30. The molecule has 6 nitrogen and oxygen atoms in total. The van der Waals surface area contributed by atoms with E-state index in [0.717, 1.165) is 5.39 Å². The van der Waals surface area contributed by atoms with Gasteiger partial charge in [0.1, 0.15) is 5.75 Å². The molecule has 2 aromatic heterocycles. The molecule has 0 fully saturated rings. The molecule has 29 heavy (non-hydrogen) atoms. The van der Waals surface area contributed by atoms with Crippen molar-refractivity contribution in [3.63, 3.8) is 0 Å². The van der Waals surface area contributed by atoms with Crippen LogP contribution in [0.25, 0.3) is 11.0 Å². The summed E-state index contributed by atoms with van der Waals surface area (Å²) in [6.07, 6.45) is 2.41. The quantitative estimate of drug-likeness (QED) is 0.505. The number of fused-ring (bicyclic) bond motifs is 1. The van der Waals surface area contributed by atoms with Gasteiger partial charge in [-0.1, -0.05) is 30.7 Å². The molecule has 0 aliphatic rings. The van der Waals surface area contributed by atoms with E-state index in [0.29, 0.717) is 45.2 Å². The first kappa shape index (κ1) is 18.8. The van der Waals surface area contributed by atoms with Crippen LogP contribution in [-0.2, 0) is 12.8 Å². The molecule has 0 amide bonds. The summed E-state index contributed by atoms with van der Waals surface area (Å²) in [5.41, 5.74) is 2.70. The van der Waals surface area contributed by atoms with E-state index in [1.807, 2.05) is 19.1 Å². The summed E-state index contributed by atoms with van der Waals surface area (Å²) in [6.45, 7) is 1.92. The van der Waals surface area contributed by atoms with E-state index in [-0.39, 0.29) is 12.2 Å². The standard InChI is InChI=1S/C21H15ClFN5O/c1-2-13-3-4-14(9-18-17-5-6-25-27-21(17)28-26-18)19(23)20(13)29-16-8-12(11-24)7-15(22)10-16/h3-8,10H,2,9H2,1H3,(H,26,27,28). The van der Waals surface area contributed by atoms with Gasteiger partial charge >= 0.3 is 0 Å². The second-order valence-corrected chi connectivity index (χ2v) is 6.85. The van der Waals surface area contributed by atoms with Gasteiger partial charge < -0.3 is 4.74 Å². The minimum atomic E-state index is -0.471. The summed E-state index contributed by atoms with van der Waals surface area (Å²) in [7, 11) is 0. The smallest absolute Gasteiger partial charge is 0.178 e. The fourth-order valence-corrected chi connectivity index (χ4v) is 3.33. The van der Waals surface area contributed by atoms with Gasteiger partial charge in [0.15, 0.2) is 17.2 Å². The number of nitrogens with zero attached hydrogens (tertiary/aromatic N) is 4. The molecule has 0 spiro atoms. The summed E-state index contributed by atoms with van der Waals surface area (Å²) in [4.78, 5) is 0. The monoisotopic (exact) mass is 407 g/mol. The van der Waals surface area contributed by atoms with Crippen LogP contribution in [0, 0.1) is 17.1 Å². The number of hydrogen-bond acceptors (Lipinski definition) is 5. The van der Waals surface area contributed by atoms with Gasteiger partial charge in [-0.3, -0.25) is 5.10 Å². The summed E-state index contributed by atoms with van der Waals surface area (Å²) < 4.78 is 21.2. The average Bonchev–Trinajstić information content (AvgIpc) is 3.13. The highest BCUT2D eigenvalue weighted by Crippen LogP contribution is 2.34. The molecule has 0 unspecified atom stereocenters. The molecule has 0 aliphatic heterocycles. The lowest BCUT2D eigenvalue weighted by Gasteiger charge is -2.14. The van der Waals surface area contributed by atoms with Crippen molar-refractivity contribution in [2.75, 3.05) is 0 Å². The number of aromatic amines is 1. The zero-order chi connectivity index (χ0) is 20.4. The molecule has 144 valence electrons. The molecular weight excluding hydrogens is 393 g/mol. The molecule has 2 heterocycles. The SMILES string of the molecule is CCc1ccc(Cc2n[nH]c3nnccc23)c(F)c1Oc1cc(Cl)cc(C#N)c1. The van der Waals surface area contributed by atoms with E-state index in [2.05, 4.69) is 20.4 Å². The third-order valence-corrected chi connectivity index (χ3v) is 4.76. The van der Waals surface area contributed by atoms with E-state index in [4.69, 9.17) is 21.6 Å². The highest BCUT2D eigenvalue weighted by Gasteiger charge is 2.18. The third kappa shape index (κ3) is 3.75. The Morgan fingerprint density at radius 1 is 1.21 bits per heavy atom. The molecule has 0 saturated heterocycles. The van der Waals surface area contributed by atoms with Gasteiger partial charge in [-0.05, 0) is 41.8 Å². The zero-order valence-electron chi connectivity index (χ0n) is 15.4. The van der Waals surface area contributed by atoms with Crippen LogP contribution < -0.4 is 4.74 Å². The van der Waals surface area contributed by atoms with Gasteiger partial charge in [0.25, 0.3) is 0 Å². The molecule has 0 atom stereocenters. The second kappa shape index (κ2) is 7.86. The number of ether oxygens (including phenoxy) is 1. The number of aryl methyl sites for hydroxylation is 1. The van der Waals surface area contributed by atoms with Crippen LogP contribution >= 0.6 is 11.6 Å². The second-order valence-electron chi connectivity index (χ2n) is 6.41. The summed E-state index contributed by atoms with van der Waals surface area (Å²) in [6, 6.07) is 12.0. The average molecular weight is 408 g/mol. The maximum absolute atomic E-state index is 15.4. The molecule has 2 aromatic carbocycles. The Kier molecular flexibility index (Phi) is 5.10. The minimum absolute atomic E-state index is 0.121. The maximum Gasteiger partial charge on any atom is 0.178 e. The Morgan fingerprint density at radius 2 is 2.03 bits per heavy atom. The predicted octanol–water partition coefficient (Wildman–Crippen LogP) is 4.96. The van der Waals surface area contributed by atoms with E-state index in [1.54, 1.807) is 24.4 Å². The number of nitriles is 1. The third-order valence-electron chi connectivity index (χ3n) is 4.55.